The van der Waals surface area contributed by atoms with Crippen molar-refractivity contribution in [1.82, 2.24) is 4.90 Å². The molecule has 0 saturated heterocycles. The van der Waals surface area contributed by atoms with Crippen LogP contribution in [0.4, 0.5) is 9.59 Å². The minimum atomic E-state index is -1.67. The maximum Gasteiger partial charge on any atom is 0.420 e. The monoisotopic (exact) mass is 392 g/mol. The van der Waals surface area contributed by atoms with Gasteiger partial charge in [0.1, 0.15) is 23.3 Å². The third-order valence-electron chi connectivity index (χ3n) is 2.82. The molecule has 0 aliphatic carbocycles. The molecular formula is C16H28N2O9. The van der Waals surface area contributed by atoms with Crippen LogP contribution in [0.3, 0.4) is 0 Å². The molecule has 11 nitrogen and oxygen atoms in total. The Balaban J connectivity index is 5.88. The molecule has 0 aliphatic rings. The van der Waals surface area contributed by atoms with E-state index in [2.05, 4.69) is 4.74 Å². The Hall–Kier alpha value is -2.43. The Labute approximate surface area is 157 Å². The number of amides is 2. The van der Waals surface area contributed by atoms with Crippen LogP contribution in [0.25, 0.3) is 0 Å². The summed E-state index contributed by atoms with van der Waals surface area (Å²) in [5, 5.41) is 20.4. The zero-order valence-corrected chi connectivity index (χ0v) is 16.7. The predicted molar refractivity (Wildman–Crippen MR) is 92.6 cm³/mol. The van der Waals surface area contributed by atoms with Crippen molar-refractivity contribution < 1.29 is 38.6 Å². The lowest BCUT2D eigenvalue weighted by Gasteiger charge is -2.32. The minimum absolute atomic E-state index is 0.367. The number of nitrogens with zero attached hydrogens (tertiary/aromatic N) is 2. The van der Waals surface area contributed by atoms with Crippen LogP contribution in [0, 0.1) is 10.1 Å². The predicted octanol–water partition coefficient (Wildman–Crippen LogP) is 1.73. The SMILES string of the molecule is COC(=O)[C@H](C[C@@H](O)C[N+](=O)[O-])N(C(=O)OC(C)(C)C)C(=O)OC(C)(C)C. The largest absolute Gasteiger partial charge is 0.467 e. The van der Waals surface area contributed by atoms with Crippen LogP contribution in [0.15, 0.2) is 0 Å². The molecule has 0 aromatic carbocycles. The van der Waals surface area contributed by atoms with Crippen molar-refractivity contribution in [1.29, 1.82) is 0 Å². The molecule has 2 atom stereocenters. The van der Waals surface area contributed by atoms with Crippen molar-refractivity contribution in [2.75, 3.05) is 13.7 Å². The molecule has 156 valence electrons. The van der Waals surface area contributed by atoms with Crippen molar-refractivity contribution in [2.45, 2.75) is 71.3 Å². The number of nitro groups is 1. The second kappa shape index (κ2) is 9.49. The quantitative estimate of drug-likeness (QED) is 0.309. The van der Waals surface area contributed by atoms with Gasteiger partial charge in [0.15, 0.2) is 0 Å². The molecule has 0 rings (SSSR count). The van der Waals surface area contributed by atoms with E-state index in [1.54, 1.807) is 41.5 Å². The van der Waals surface area contributed by atoms with Gasteiger partial charge in [-0.25, -0.2) is 14.4 Å². The molecule has 0 heterocycles. The van der Waals surface area contributed by atoms with Gasteiger partial charge in [-0.1, -0.05) is 0 Å². The van der Waals surface area contributed by atoms with Crippen LogP contribution < -0.4 is 0 Å². The molecule has 0 aliphatic heterocycles. The van der Waals surface area contributed by atoms with E-state index in [9.17, 15) is 29.6 Å². The second-order valence-electron chi connectivity index (χ2n) is 7.77. The maximum atomic E-state index is 12.5. The van der Waals surface area contributed by atoms with Gasteiger partial charge in [0.25, 0.3) is 0 Å². The Kier molecular flexibility index (Phi) is 8.64. The summed E-state index contributed by atoms with van der Waals surface area (Å²) in [5.41, 5.74) is -2.01. The molecule has 11 heteroatoms. The third kappa shape index (κ3) is 9.73. The molecule has 0 aromatic heterocycles. The zero-order valence-electron chi connectivity index (χ0n) is 16.7. The molecule has 0 radical (unpaired) electrons. The summed E-state index contributed by atoms with van der Waals surface area (Å²) in [7, 11) is 1.01. The Morgan fingerprint density at radius 2 is 1.44 bits per heavy atom. The van der Waals surface area contributed by atoms with Gasteiger partial charge in [-0.15, -0.1) is 0 Å². The highest BCUT2D eigenvalue weighted by atomic mass is 16.6. The first-order chi connectivity index (χ1) is 12.1. The smallest absolute Gasteiger partial charge is 0.420 e. The number of carbonyl (C=O) groups is 3. The number of ether oxygens (including phenoxy) is 3. The number of aliphatic hydroxyl groups is 1. The number of aliphatic hydroxyl groups excluding tert-OH is 1. The number of imide groups is 1. The summed E-state index contributed by atoms with van der Waals surface area (Å²) in [6.07, 6.45) is -4.65. The number of carbonyl (C=O) groups excluding carboxylic acids is 3. The Morgan fingerprint density at radius 1 is 1.04 bits per heavy atom. The van der Waals surface area contributed by atoms with Crippen molar-refractivity contribution >= 4 is 18.2 Å². The van der Waals surface area contributed by atoms with E-state index in [1.807, 2.05) is 0 Å². The number of methoxy groups -OCH3 is 1. The van der Waals surface area contributed by atoms with Crippen molar-refractivity contribution in [3.8, 4) is 0 Å². The van der Waals surface area contributed by atoms with Crippen LogP contribution >= 0.6 is 0 Å². The van der Waals surface area contributed by atoms with E-state index in [-0.39, 0.29) is 0 Å². The van der Waals surface area contributed by atoms with Crippen molar-refractivity contribution in [3.63, 3.8) is 0 Å². The fourth-order valence-corrected chi connectivity index (χ4v) is 1.90. The van der Waals surface area contributed by atoms with E-state index in [1.165, 1.54) is 0 Å². The standard InChI is InChI=1S/C16H28N2O9/c1-15(2,3)26-13(21)18(14(22)27-16(4,5)6)11(12(20)25-7)8-10(19)9-17(23)24/h10-11,19H,8-9H2,1-7H3/t10-,11+/m1/s1. The molecule has 1 N–H and O–H groups in total. The van der Waals surface area contributed by atoms with Gasteiger partial charge in [0.05, 0.1) is 7.11 Å². The fourth-order valence-electron chi connectivity index (χ4n) is 1.90. The van der Waals surface area contributed by atoms with Crippen LogP contribution in [-0.4, -0.2) is 70.1 Å². The molecular weight excluding hydrogens is 364 g/mol. The van der Waals surface area contributed by atoms with Gasteiger partial charge in [0, 0.05) is 11.3 Å². The van der Waals surface area contributed by atoms with Gasteiger partial charge >= 0.3 is 18.2 Å². The summed E-state index contributed by atoms with van der Waals surface area (Å²) in [6.45, 7) is 8.41. The summed E-state index contributed by atoms with van der Waals surface area (Å²) in [6, 6.07) is -1.67. The summed E-state index contributed by atoms with van der Waals surface area (Å²) >= 11 is 0. The molecule has 0 saturated carbocycles. The van der Waals surface area contributed by atoms with Crippen LogP contribution in [0.5, 0.6) is 0 Å². The number of rotatable bonds is 6. The lowest BCUT2D eigenvalue weighted by atomic mass is 10.1. The van der Waals surface area contributed by atoms with Gasteiger partial charge < -0.3 is 19.3 Å². The van der Waals surface area contributed by atoms with Crippen molar-refractivity contribution in [2.24, 2.45) is 0 Å². The lowest BCUT2D eigenvalue weighted by Crippen LogP contribution is -2.53. The van der Waals surface area contributed by atoms with E-state index in [0.717, 1.165) is 7.11 Å². The van der Waals surface area contributed by atoms with E-state index >= 15 is 0 Å². The first kappa shape index (κ1) is 24.6. The van der Waals surface area contributed by atoms with Crippen LogP contribution in [-0.2, 0) is 19.0 Å². The Bertz CT molecular complexity index is 535. The summed E-state index contributed by atoms with van der Waals surface area (Å²) in [4.78, 5) is 47.4. The molecule has 0 spiro atoms. The number of esters is 1. The second-order valence-corrected chi connectivity index (χ2v) is 7.77. The van der Waals surface area contributed by atoms with E-state index in [0.29, 0.717) is 4.90 Å². The normalized spacial score (nSPS) is 13.9. The van der Waals surface area contributed by atoms with E-state index < -0.39 is 59.4 Å². The summed E-state index contributed by atoms with van der Waals surface area (Å²) in [5.74, 6) is -1.06. The average Bonchev–Trinajstić information content (AvgIpc) is 2.40. The molecule has 0 fully saturated rings. The summed E-state index contributed by atoms with van der Waals surface area (Å²) < 4.78 is 14.9. The van der Waals surface area contributed by atoms with Crippen molar-refractivity contribution in [3.05, 3.63) is 10.1 Å². The van der Waals surface area contributed by atoms with Gasteiger partial charge in [-0.05, 0) is 41.5 Å². The first-order valence-corrected chi connectivity index (χ1v) is 8.20. The van der Waals surface area contributed by atoms with E-state index in [4.69, 9.17) is 9.47 Å². The highest BCUT2D eigenvalue weighted by molar-refractivity contribution is 5.94. The van der Waals surface area contributed by atoms with Crippen LogP contribution in [0.1, 0.15) is 48.0 Å². The average molecular weight is 392 g/mol. The molecule has 27 heavy (non-hydrogen) atoms. The van der Waals surface area contributed by atoms with Gasteiger partial charge in [-0.3, -0.25) is 10.1 Å². The number of hydrogen-bond donors (Lipinski definition) is 1. The maximum absolute atomic E-state index is 12.5. The fraction of sp³-hybridized carbons (Fsp3) is 0.812. The molecule has 2 amide bonds. The molecule has 0 aromatic rings. The third-order valence-corrected chi connectivity index (χ3v) is 2.82. The molecule has 0 bridgehead atoms. The van der Waals surface area contributed by atoms with Crippen LogP contribution in [0.2, 0.25) is 0 Å². The highest BCUT2D eigenvalue weighted by Crippen LogP contribution is 2.20. The number of hydrogen-bond acceptors (Lipinski definition) is 9. The van der Waals surface area contributed by atoms with Gasteiger partial charge in [-0.2, -0.15) is 4.90 Å². The minimum Gasteiger partial charge on any atom is -0.467 e. The highest BCUT2D eigenvalue weighted by Gasteiger charge is 2.42. The molecule has 0 unspecified atom stereocenters. The first-order valence-electron chi connectivity index (χ1n) is 8.20. The topological polar surface area (TPSA) is 146 Å². The Morgan fingerprint density at radius 3 is 1.74 bits per heavy atom. The zero-order chi connectivity index (χ0) is 21.6. The lowest BCUT2D eigenvalue weighted by molar-refractivity contribution is -0.490. The van der Waals surface area contributed by atoms with Gasteiger partial charge in [0.2, 0.25) is 6.54 Å².